The zero-order valence-electron chi connectivity index (χ0n) is 13.1. The molecule has 0 aromatic carbocycles. The molecule has 1 heterocycles. The first-order valence-corrected chi connectivity index (χ1v) is 9.24. The van der Waals surface area contributed by atoms with E-state index in [1.165, 1.54) is 25.7 Å². The van der Waals surface area contributed by atoms with Crippen molar-refractivity contribution < 1.29 is 14.9 Å². The Morgan fingerprint density at radius 1 is 0.667 bits per heavy atom. The predicted octanol–water partition coefficient (Wildman–Crippen LogP) is 3.52. The molecular formula is C18H30O3. The molecule has 3 heteroatoms. The number of rotatable bonds is 0. The van der Waals surface area contributed by atoms with Crippen molar-refractivity contribution in [2.75, 3.05) is 0 Å². The summed E-state index contributed by atoms with van der Waals surface area (Å²) in [5, 5.41) is 22.9. The summed E-state index contributed by atoms with van der Waals surface area (Å²) in [4.78, 5) is 0. The van der Waals surface area contributed by atoms with Crippen LogP contribution in [0, 0.1) is 11.8 Å². The Labute approximate surface area is 128 Å². The van der Waals surface area contributed by atoms with E-state index in [4.69, 9.17) is 4.74 Å². The van der Waals surface area contributed by atoms with Gasteiger partial charge in [0.2, 0.25) is 0 Å². The Hall–Kier alpha value is -0.120. The molecule has 1 aliphatic heterocycles. The van der Waals surface area contributed by atoms with Crippen molar-refractivity contribution in [2.45, 2.75) is 100 Å². The molecule has 0 bridgehead atoms. The lowest BCUT2D eigenvalue weighted by atomic mass is 9.53. The summed E-state index contributed by atoms with van der Waals surface area (Å²) in [5.74, 6) is -0.864. The average Bonchev–Trinajstić information content (AvgIpc) is 2.47. The number of ether oxygens (including phenoxy) is 1. The molecule has 4 aliphatic rings. The smallest absolute Gasteiger partial charge is 0.171 e. The average molecular weight is 294 g/mol. The maximum Gasteiger partial charge on any atom is 0.171 e. The third-order valence-corrected chi connectivity index (χ3v) is 7.06. The van der Waals surface area contributed by atoms with Gasteiger partial charge >= 0.3 is 0 Å². The molecule has 1 saturated heterocycles. The van der Waals surface area contributed by atoms with Gasteiger partial charge in [-0.2, -0.15) is 0 Å². The first-order chi connectivity index (χ1) is 10.1. The van der Waals surface area contributed by atoms with E-state index in [-0.39, 0.29) is 17.4 Å². The van der Waals surface area contributed by atoms with Crippen LogP contribution < -0.4 is 0 Å². The van der Waals surface area contributed by atoms with Gasteiger partial charge in [-0.05, 0) is 38.5 Å². The molecule has 3 nitrogen and oxygen atoms in total. The number of hydrogen-bond donors (Lipinski definition) is 2. The summed E-state index contributed by atoms with van der Waals surface area (Å²) in [6.07, 6.45) is 13.8. The van der Waals surface area contributed by atoms with Gasteiger partial charge in [0.1, 0.15) is 0 Å². The molecule has 3 saturated carbocycles. The van der Waals surface area contributed by atoms with Crippen LogP contribution in [0.1, 0.15) is 83.5 Å². The van der Waals surface area contributed by atoms with E-state index in [0.717, 1.165) is 51.4 Å². The Bertz CT molecular complexity index is 396. The van der Waals surface area contributed by atoms with E-state index in [2.05, 4.69) is 0 Å². The minimum absolute atomic E-state index is 0.0587. The molecule has 0 aromatic rings. The van der Waals surface area contributed by atoms with Gasteiger partial charge in [0.25, 0.3) is 0 Å². The molecule has 2 N–H and O–H groups in total. The van der Waals surface area contributed by atoms with Crippen molar-refractivity contribution in [3.63, 3.8) is 0 Å². The fourth-order valence-corrected chi connectivity index (χ4v) is 6.23. The van der Waals surface area contributed by atoms with Gasteiger partial charge in [-0.1, -0.05) is 38.5 Å². The van der Waals surface area contributed by atoms with E-state index in [1.54, 1.807) is 0 Å². The molecule has 120 valence electrons. The van der Waals surface area contributed by atoms with Crippen molar-refractivity contribution in [3.8, 4) is 0 Å². The number of aliphatic hydroxyl groups is 2. The predicted molar refractivity (Wildman–Crippen MR) is 80.7 cm³/mol. The van der Waals surface area contributed by atoms with Crippen molar-refractivity contribution in [1.82, 2.24) is 0 Å². The van der Waals surface area contributed by atoms with E-state index in [9.17, 15) is 10.2 Å². The van der Waals surface area contributed by atoms with Crippen molar-refractivity contribution in [1.29, 1.82) is 0 Å². The van der Waals surface area contributed by atoms with E-state index in [0.29, 0.717) is 6.42 Å². The molecule has 4 rings (SSSR count). The highest BCUT2D eigenvalue weighted by Crippen LogP contribution is 2.61. The van der Waals surface area contributed by atoms with Crippen molar-refractivity contribution in [3.05, 3.63) is 0 Å². The van der Waals surface area contributed by atoms with Crippen LogP contribution in [-0.2, 0) is 4.74 Å². The van der Waals surface area contributed by atoms with Gasteiger partial charge in [-0.3, -0.25) is 0 Å². The Balaban J connectivity index is 1.76. The molecule has 1 spiro atoms. The highest BCUT2D eigenvalue weighted by atomic mass is 16.6. The van der Waals surface area contributed by atoms with Gasteiger partial charge in [0, 0.05) is 18.3 Å². The molecule has 21 heavy (non-hydrogen) atoms. The topological polar surface area (TPSA) is 49.7 Å². The van der Waals surface area contributed by atoms with Crippen LogP contribution >= 0.6 is 0 Å². The second kappa shape index (κ2) is 4.94. The molecule has 4 fully saturated rings. The maximum absolute atomic E-state index is 11.6. The zero-order chi connectivity index (χ0) is 14.6. The van der Waals surface area contributed by atoms with Gasteiger partial charge in [0.15, 0.2) is 5.79 Å². The number of hydrogen-bond acceptors (Lipinski definition) is 3. The quantitative estimate of drug-likeness (QED) is 0.718. The molecule has 3 aliphatic carbocycles. The van der Waals surface area contributed by atoms with E-state index >= 15 is 0 Å². The zero-order valence-corrected chi connectivity index (χ0v) is 13.1. The molecule has 0 radical (unpaired) electrons. The first-order valence-electron chi connectivity index (χ1n) is 9.24. The molecular weight excluding hydrogens is 264 g/mol. The summed E-state index contributed by atoms with van der Waals surface area (Å²) in [6, 6.07) is 0. The van der Waals surface area contributed by atoms with Crippen molar-refractivity contribution in [2.24, 2.45) is 11.8 Å². The third kappa shape index (κ3) is 2.04. The fourth-order valence-electron chi connectivity index (χ4n) is 6.23. The van der Waals surface area contributed by atoms with Crippen LogP contribution in [-0.4, -0.2) is 27.2 Å². The van der Waals surface area contributed by atoms with Crippen molar-refractivity contribution >= 4 is 0 Å². The van der Waals surface area contributed by atoms with Crippen LogP contribution in [0.25, 0.3) is 0 Å². The maximum atomic E-state index is 11.6. The summed E-state index contributed by atoms with van der Waals surface area (Å²) in [6.45, 7) is 0. The highest BCUT2D eigenvalue weighted by molar-refractivity contribution is 5.13. The van der Waals surface area contributed by atoms with E-state index < -0.39 is 11.4 Å². The lowest BCUT2D eigenvalue weighted by molar-refractivity contribution is -0.399. The molecule has 0 aromatic heterocycles. The van der Waals surface area contributed by atoms with Gasteiger partial charge < -0.3 is 14.9 Å². The van der Waals surface area contributed by atoms with Crippen LogP contribution in [0.4, 0.5) is 0 Å². The Morgan fingerprint density at radius 3 is 2.05 bits per heavy atom. The SMILES string of the molecule is O[C@@]12CCCC[C@H]1C1(CCCCC1)O[C@@]1(O)CCCC[C@H]21. The second-order valence-electron chi connectivity index (χ2n) is 8.16. The van der Waals surface area contributed by atoms with Gasteiger partial charge in [-0.15, -0.1) is 0 Å². The Kier molecular flexibility index (Phi) is 3.40. The summed E-state index contributed by atoms with van der Waals surface area (Å²) >= 11 is 0. The first kappa shape index (κ1) is 14.5. The Morgan fingerprint density at radius 2 is 1.29 bits per heavy atom. The van der Waals surface area contributed by atoms with E-state index in [1.807, 2.05) is 0 Å². The molecule has 4 atom stereocenters. The largest absolute Gasteiger partial charge is 0.389 e. The minimum Gasteiger partial charge on any atom is -0.389 e. The summed E-state index contributed by atoms with van der Waals surface area (Å²) in [7, 11) is 0. The third-order valence-electron chi connectivity index (χ3n) is 7.06. The summed E-state index contributed by atoms with van der Waals surface area (Å²) < 4.78 is 6.54. The minimum atomic E-state index is -1.06. The van der Waals surface area contributed by atoms with Gasteiger partial charge in [0.05, 0.1) is 11.2 Å². The monoisotopic (exact) mass is 294 g/mol. The van der Waals surface area contributed by atoms with Crippen LogP contribution in [0.15, 0.2) is 0 Å². The standard InChI is InChI=1S/C18H30O3/c19-17-12-6-2-8-14(17)16(10-4-1-5-11-16)21-18(20)13-7-3-9-15(17)18/h14-15,19-20H,1-13H2/t14-,15+,17-,18-/m0/s1. The normalized spacial score (nSPS) is 49.4. The van der Waals surface area contributed by atoms with Gasteiger partial charge in [-0.25, -0.2) is 0 Å². The van der Waals surface area contributed by atoms with Crippen LogP contribution in [0.5, 0.6) is 0 Å². The van der Waals surface area contributed by atoms with Crippen LogP contribution in [0.3, 0.4) is 0 Å². The lowest BCUT2D eigenvalue weighted by Crippen LogP contribution is -2.72. The fraction of sp³-hybridized carbons (Fsp3) is 1.00. The highest BCUT2D eigenvalue weighted by Gasteiger charge is 2.66. The lowest BCUT2D eigenvalue weighted by Gasteiger charge is -2.65. The van der Waals surface area contributed by atoms with Crippen LogP contribution in [0.2, 0.25) is 0 Å². The molecule has 0 unspecified atom stereocenters. The summed E-state index contributed by atoms with van der Waals surface area (Å²) in [5.41, 5.74) is -0.918. The second-order valence-corrected chi connectivity index (χ2v) is 8.16. The molecule has 0 amide bonds. The number of fused-ring (bicyclic) bond motifs is 4.